The topological polar surface area (TPSA) is 51.5 Å². The van der Waals surface area contributed by atoms with E-state index in [1.165, 1.54) is 7.11 Å². The van der Waals surface area contributed by atoms with Crippen LogP contribution in [0.4, 0.5) is 0 Å². The number of aliphatic hydroxyl groups is 1. The third-order valence-electron chi connectivity index (χ3n) is 2.75. The molecule has 17 heavy (non-hydrogen) atoms. The number of aliphatic hydroxyl groups excluding tert-OH is 1. The van der Waals surface area contributed by atoms with Crippen molar-refractivity contribution in [1.82, 2.24) is 4.57 Å². The van der Waals surface area contributed by atoms with Gasteiger partial charge in [0, 0.05) is 16.9 Å². The van der Waals surface area contributed by atoms with Gasteiger partial charge in [0.05, 0.1) is 18.3 Å². The van der Waals surface area contributed by atoms with Gasteiger partial charge in [-0.25, -0.2) is 4.79 Å². The van der Waals surface area contributed by atoms with E-state index in [0.29, 0.717) is 5.69 Å². The molecule has 4 nitrogen and oxygen atoms in total. The predicted octanol–water partition coefficient (Wildman–Crippen LogP) is 2.15. The maximum Gasteiger partial charge on any atom is 0.340 e. The van der Waals surface area contributed by atoms with Crippen molar-refractivity contribution in [2.75, 3.05) is 7.11 Å². The molecule has 0 amide bonds. The van der Waals surface area contributed by atoms with Crippen LogP contribution in [0.15, 0.2) is 28.7 Å². The molecule has 0 saturated heterocycles. The first-order valence-electron chi connectivity index (χ1n) is 5.06. The zero-order valence-corrected chi connectivity index (χ0v) is 11.1. The minimum Gasteiger partial charge on any atom is -0.467 e. The SMILES string of the molecule is COC(=O)C(O)c1cc2cccc(Br)c2n1C. The van der Waals surface area contributed by atoms with E-state index in [1.807, 2.05) is 18.2 Å². The molecule has 0 saturated carbocycles. The van der Waals surface area contributed by atoms with E-state index in [-0.39, 0.29) is 0 Å². The number of nitrogens with zero attached hydrogens (tertiary/aromatic N) is 1. The number of hydrogen-bond acceptors (Lipinski definition) is 3. The number of benzene rings is 1. The summed E-state index contributed by atoms with van der Waals surface area (Å²) >= 11 is 3.45. The van der Waals surface area contributed by atoms with Gasteiger partial charge < -0.3 is 14.4 Å². The van der Waals surface area contributed by atoms with Gasteiger partial charge in [-0.05, 0) is 28.1 Å². The molecule has 2 rings (SSSR count). The van der Waals surface area contributed by atoms with Gasteiger partial charge in [-0.15, -0.1) is 0 Å². The van der Waals surface area contributed by atoms with Gasteiger partial charge in [0.15, 0.2) is 6.10 Å². The molecule has 1 heterocycles. The normalized spacial score (nSPS) is 12.7. The minimum absolute atomic E-state index is 0.513. The van der Waals surface area contributed by atoms with Gasteiger partial charge in [-0.2, -0.15) is 0 Å². The van der Waals surface area contributed by atoms with Crippen LogP contribution in [0.1, 0.15) is 11.8 Å². The molecule has 1 atom stereocenters. The lowest BCUT2D eigenvalue weighted by atomic mass is 10.2. The van der Waals surface area contributed by atoms with Crippen molar-refractivity contribution in [2.24, 2.45) is 7.05 Å². The summed E-state index contributed by atoms with van der Waals surface area (Å²) in [5, 5.41) is 10.8. The van der Waals surface area contributed by atoms with E-state index in [4.69, 9.17) is 0 Å². The lowest BCUT2D eigenvalue weighted by Crippen LogP contribution is -2.16. The third-order valence-corrected chi connectivity index (χ3v) is 3.39. The Kier molecular flexibility index (Phi) is 3.22. The predicted molar refractivity (Wildman–Crippen MR) is 67.6 cm³/mol. The fraction of sp³-hybridized carbons (Fsp3) is 0.250. The molecule has 1 unspecified atom stereocenters. The fourth-order valence-electron chi connectivity index (χ4n) is 1.88. The standard InChI is InChI=1S/C12H12BrNO3/c1-14-9(11(15)12(16)17-2)6-7-4-3-5-8(13)10(7)14/h3-6,11,15H,1-2H3. The maximum atomic E-state index is 11.3. The number of carbonyl (C=O) groups excluding carboxylic acids is 1. The van der Waals surface area contributed by atoms with Gasteiger partial charge in [-0.1, -0.05) is 12.1 Å². The lowest BCUT2D eigenvalue weighted by Gasteiger charge is -2.10. The Balaban J connectivity index is 2.60. The summed E-state index contributed by atoms with van der Waals surface area (Å²) in [6, 6.07) is 7.52. The first-order valence-corrected chi connectivity index (χ1v) is 5.85. The zero-order valence-electron chi connectivity index (χ0n) is 9.48. The Morgan fingerprint density at radius 1 is 1.53 bits per heavy atom. The van der Waals surface area contributed by atoms with E-state index in [1.54, 1.807) is 17.7 Å². The Bertz CT molecular complexity index is 576. The second-order valence-corrected chi connectivity index (χ2v) is 4.59. The molecule has 0 aliphatic carbocycles. The first kappa shape index (κ1) is 12.1. The Morgan fingerprint density at radius 3 is 2.82 bits per heavy atom. The van der Waals surface area contributed by atoms with Crippen LogP contribution in [0.3, 0.4) is 0 Å². The molecular formula is C12H12BrNO3. The Morgan fingerprint density at radius 2 is 2.24 bits per heavy atom. The number of aromatic nitrogens is 1. The van der Waals surface area contributed by atoms with Crippen LogP contribution in [0.25, 0.3) is 10.9 Å². The molecule has 2 aromatic rings. The highest BCUT2D eigenvalue weighted by Crippen LogP contribution is 2.29. The third kappa shape index (κ3) is 1.96. The summed E-state index contributed by atoms with van der Waals surface area (Å²) in [5.74, 6) is -0.660. The van der Waals surface area contributed by atoms with Gasteiger partial charge >= 0.3 is 5.97 Å². The number of fused-ring (bicyclic) bond motifs is 1. The molecular weight excluding hydrogens is 286 g/mol. The number of hydrogen-bond donors (Lipinski definition) is 1. The van der Waals surface area contributed by atoms with Crippen molar-refractivity contribution in [2.45, 2.75) is 6.10 Å². The van der Waals surface area contributed by atoms with Crippen molar-refractivity contribution in [3.8, 4) is 0 Å². The average molecular weight is 298 g/mol. The molecule has 1 N–H and O–H groups in total. The molecule has 5 heteroatoms. The maximum absolute atomic E-state index is 11.3. The highest BCUT2D eigenvalue weighted by atomic mass is 79.9. The highest BCUT2D eigenvalue weighted by molar-refractivity contribution is 9.10. The largest absolute Gasteiger partial charge is 0.467 e. The second kappa shape index (κ2) is 4.50. The van der Waals surface area contributed by atoms with Crippen LogP contribution in [0, 0.1) is 0 Å². The van der Waals surface area contributed by atoms with Gasteiger partial charge in [0.1, 0.15) is 0 Å². The van der Waals surface area contributed by atoms with Crippen molar-refractivity contribution >= 4 is 32.8 Å². The smallest absolute Gasteiger partial charge is 0.340 e. The molecule has 0 aliphatic heterocycles. The molecule has 0 spiro atoms. The van der Waals surface area contributed by atoms with E-state index in [2.05, 4.69) is 20.7 Å². The van der Waals surface area contributed by atoms with E-state index in [9.17, 15) is 9.90 Å². The molecule has 0 fully saturated rings. The van der Waals surface area contributed by atoms with Crippen LogP contribution in [0.2, 0.25) is 0 Å². The number of ether oxygens (including phenoxy) is 1. The highest BCUT2D eigenvalue weighted by Gasteiger charge is 2.22. The molecule has 1 aromatic heterocycles. The summed E-state index contributed by atoms with van der Waals surface area (Å²) in [7, 11) is 3.05. The Labute approximate surface area is 107 Å². The van der Waals surface area contributed by atoms with E-state index >= 15 is 0 Å². The number of carbonyl (C=O) groups is 1. The van der Waals surface area contributed by atoms with Gasteiger partial charge in [-0.3, -0.25) is 0 Å². The fourth-order valence-corrected chi connectivity index (χ4v) is 2.53. The summed E-state index contributed by atoms with van der Waals surface area (Å²) < 4.78 is 7.23. The second-order valence-electron chi connectivity index (χ2n) is 3.73. The molecule has 0 aliphatic rings. The minimum atomic E-state index is -1.26. The van der Waals surface area contributed by atoms with Crippen LogP contribution >= 0.6 is 15.9 Å². The van der Waals surface area contributed by atoms with E-state index in [0.717, 1.165) is 15.4 Å². The van der Waals surface area contributed by atoms with Crippen molar-refractivity contribution < 1.29 is 14.6 Å². The quantitative estimate of drug-likeness (QED) is 0.864. The Hall–Kier alpha value is -1.33. The first-order chi connectivity index (χ1) is 8.06. The monoisotopic (exact) mass is 297 g/mol. The van der Waals surface area contributed by atoms with Crippen molar-refractivity contribution in [1.29, 1.82) is 0 Å². The number of aryl methyl sites for hydroxylation is 1. The average Bonchev–Trinajstić information content (AvgIpc) is 2.66. The van der Waals surface area contributed by atoms with Crippen LogP contribution < -0.4 is 0 Å². The number of halogens is 1. The van der Waals surface area contributed by atoms with Crippen LogP contribution in [0.5, 0.6) is 0 Å². The number of esters is 1. The van der Waals surface area contributed by atoms with Gasteiger partial charge in [0.2, 0.25) is 0 Å². The van der Waals surface area contributed by atoms with Crippen molar-refractivity contribution in [3.05, 3.63) is 34.4 Å². The summed E-state index contributed by atoms with van der Waals surface area (Å²) in [5.41, 5.74) is 1.45. The van der Waals surface area contributed by atoms with E-state index < -0.39 is 12.1 Å². The number of rotatable bonds is 2. The van der Waals surface area contributed by atoms with Crippen molar-refractivity contribution in [3.63, 3.8) is 0 Å². The molecule has 90 valence electrons. The van der Waals surface area contributed by atoms with Gasteiger partial charge in [0.25, 0.3) is 0 Å². The summed E-state index contributed by atoms with van der Waals surface area (Å²) in [4.78, 5) is 11.3. The molecule has 0 bridgehead atoms. The lowest BCUT2D eigenvalue weighted by molar-refractivity contribution is -0.151. The summed E-state index contributed by atoms with van der Waals surface area (Å²) in [6.45, 7) is 0. The molecule has 1 aromatic carbocycles. The number of para-hydroxylation sites is 1. The molecule has 0 radical (unpaired) electrons. The number of methoxy groups -OCH3 is 1. The zero-order chi connectivity index (χ0) is 12.6. The van der Waals surface area contributed by atoms with Crippen LogP contribution in [-0.4, -0.2) is 22.8 Å². The summed E-state index contributed by atoms with van der Waals surface area (Å²) in [6.07, 6.45) is -1.26. The van der Waals surface area contributed by atoms with Crippen LogP contribution in [-0.2, 0) is 16.6 Å².